The largest absolute Gasteiger partial charge is 0.316 e. The van der Waals surface area contributed by atoms with E-state index in [4.69, 9.17) is 0 Å². The molecule has 1 rings (SSSR count). The van der Waals surface area contributed by atoms with Gasteiger partial charge in [-0.05, 0) is 44.5 Å². The van der Waals surface area contributed by atoms with Gasteiger partial charge in [-0.1, -0.05) is 6.92 Å². The van der Waals surface area contributed by atoms with Gasteiger partial charge in [-0.15, -0.1) is 0 Å². The number of nitrogens with one attached hydrogen (secondary N) is 2. The number of hydrogen-bond acceptors (Lipinski definition) is 4. The molecule has 1 heterocycles. The van der Waals surface area contributed by atoms with Crippen LogP contribution in [-0.2, 0) is 10.0 Å². The van der Waals surface area contributed by atoms with Crippen molar-refractivity contribution in [1.82, 2.24) is 10.0 Å². The molecule has 1 fully saturated rings. The molecule has 0 saturated carbocycles. The Balaban J connectivity index is 2.25. The van der Waals surface area contributed by atoms with Crippen LogP contribution in [-0.4, -0.2) is 45.3 Å². The molecule has 0 aromatic heterocycles. The summed E-state index contributed by atoms with van der Waals surface area (Å²) in [5.41, 5.74) is 0. The van der Waals surface area contributed by atoms with Gasteiger partial charge in [0.25, 0.3) is 0 Å². The Morgan fingerprint density at radius 1 is 1.53 bits per heavy atom. The standard InChI is InChI=1S/C11H24N2O2S2/c1-10(16-2)5-7-13-17(14,15)9-11-4-3-6-12-8-11/h10-13H,3-9H2,1-2H3. The summed E-state index contributed by atoms with van der Waals surface area (Å²) in [5.74, 6) is 0.549. The van der Waals surface area contributed by atoms with E-state index in [0.717, 1.165) is 32.4 Å². The Morgan fingerprint density at radius 3 is 2.88 bits per heavy atom. The second kappa shape index (κ2) is 7.61. The summed E-state index contributed by atoms with van der Waals surface area (Å²) in [4.78, 5) is 0. The summed E-state index contributed by atoms with van der Waals surface area (Å²) in [7, 11) is -3.08. The van der Waals surface area contributed by atoms with Crippen LogP contribution in [0.25, 0.3) is 0 Å². The molecule has 2 N–H and O–H groups in total. The first kappa shape index (κ1) is 15.3. The number of hydrogen-bond donors (Lipinski definition) is 2. The summed E-state index contributed by atoms with van der Waals surface area (Å²) in [5, 5.41) is 3.75. The molecule has 2 unspecified atom stereocenters. The van der Waals surface area contributed by atoms with Gasteiger partial charge in [0.2, 0.25) is 10.0 Å². The number of rotatable bonds is 7. The minimum atomic E-state index is -3.08. The van der Waals surface area contributed by atoms with Crippen molar-refractivity contribution in [3.05, 3.63) is 0 Å². The van der Waals surface area contributed by atoms with Gasteiger partial charge in [0.1, 0.15) is 0 Å². The molecule has 0 aromatic carbocycles. The SMILES string of the molecule is CSC(C)CCNS(=O)(=O)CC1CCCNC1. The third kappa shape index (κ3) is 6.64. The van der Waals surface area contributed by atoms with Gasteiger partial charge in [0.15, 0.2) is 0 Å². The maximum absolute atomic E-state index is 11.8. The lowest BCUT2D eigenvalue weighted by molar-refractivity contribution is 0.402. The van der Waals surface area contributed by atoms with Gasteiger partial charge in [-0.3, -0.25) is 0 Å². The fourth-order valence-electron chi connectivity index (χ4n) is 1.97. The van der Waals surface area contributed by atoms with Gasteiger partial charge in [-0.25, -0.2) is 13.1 Å². The molecule has 4 nitrogen and oxygen atoms in total. The second-order valence-corrected chi connectivity index (χ2v) is 7.85. The fourth-order valence-corrected chi connectivity index (χ4v) is 3.78. The number of thioether (sulfide) groups is 1. The van der Waals surface area contributed by atoms with Crippen molar-refractivity contribution in [3.63, 3.8) is 0 Å². The zero-order chi connectivity index (χ0) is 12.7. The molecule has 0 aromatic rings. The van der Waals surface area contributed by atoms with Crippen molar-refractivity contribution in [2.24, 2.45) is 5.92 Å². The minimum absolute atomic E-state index is 0.271. The smallest absolute Gasteiger partial charge is 0.211 e. The van der Waals surface area contributed by atoms with E-state index >= 15 is 0 Å². The van der Waals surface area contributed by atoms with Crippen LogP contribution in [0.4, 0.5) is 0 Å². The first-order chi connectivity index (χ1) is 8.03. The van der Waals surface area contributed by atoms with E-state index in [2.05, 4.69) is 17.0 Å². The lowest BCUT2D eigenvalue weighted by atomic mass is 10.0. The van der Waals surface area contributed by atoms with Crippen molar-refractivity contribution in [3.8, 4) is 0 Å². The molecule has 2 atom stereocenters. The van der Waals surface area contributed by atoms with Crippen LogP contribution in [0.1, 0.15) is 26.2 Å². The zero-order valence-corrected chi connectivity index (χ0v) is 12.4. The molecule has 102 valence electrons. The van der Waals surface area contributed by atoms with Crippen LogP contribution in [0, 0.1) is 5.92 Å². The molecular formula is C11H24N2O2S2. The molecule has 1 aliphatic heterocycles. The van der Waals surface area contributed by atoms with E-state index in [-0.39, 0.29) is 11.7 Å². The molecule has 6 heteroatoms. The van der Waals surface area contributed by atoms with Crippen molar-refractivity contribution >= 4 is 21.8 Å². The van der Waals surface area contributed by atoms with Crippen LogP contribution >= 0.6 is 11.8 Å². The minimum Gasteiger partial charge on any atom is -0.316 e. The molecule has 0 amide bonds. The summed E-state index contributed by atoms with van der Waals surface area (Å²) >= 11 is 1.77. The average Bonchev–Trinajstić information content (AvgIpc) is 2.29. The molecule has 0 radical (unpaired) electrons. The lowest BCUT2D eigenvalue weighted by Gasteiger charge is -2.22. The Bertz CT molecular complexity index is 301. The molecule has 17 heavy (non-hydrogen) atoms. The highest BCUT2D eigenvalue weighted by atomic mass is 32.2. The van der Waals surface area contributed by atoms with E-state index in [1.807, 2.05) is 6.26 Å². The Morgan fingerprint density at radius 2 is 2.29 bits per heavy atom. The van der Waals surface area contributed by atoms with E-state index in [1.165, 1.54) is 0 Å². The van der Waals surface area contributed by atoms with E-state index in [0.29, 0.717) is 11.8 Å². The normalized spacial score (nSPS) is 23.5. The Hall–Kier alpha value is 0.220. The summed E-state index contributed by atoms with van der Waals surface area (Å²) in [6.45, 7) is 4.53. The predicted octanol–water partition coefficient (Wildman–Crippen LogP) is 1.05. The lowest BCUT2D eigenvalue weighted by Crippen LogP contribution is -2.38. The highest BCUT2D eigenvalue weighted by molar-refractivity contribution is 7.99. The highest BCUT2D eigenvalue weighted by Gasteiger charge is 2.20. The van der Waals surface area contributed by atoms with Crippen LogP contribution in [0.2, 0.25) is 0 Å². The molecule has 1 aliphatic rings. The fraction of sp³-hybridized carbons (Fsp3) is 1.00. The summed E-state index contributed by atoms with van der Waals surface area (Å²) in [6, 6.07) is 0. The second-order valence-electron chi connectivity index (χ2n) is 4.72. The average molecular weight is 280 g/mol. The quantitative estimate of drug-likeness (QED) is 0.732. The number of sulfonamides is 1. The van der Waals surface area contributed by atoms with Crippen molar-refractivity contribution in [1.29, 1.82) is 0 Å². The van der Waals surface area contributed by atoms with Crippen molar-refractivity contribution < 1.29 is 8.42 Å². The van der Waals surface area contributed by atoms with E-state index < -0.39 is 10.0 Å². The van der Waals surface area contributed by atoms with Crippen LogP contribution < -0.4 is 10.0 Å². The third-order valence-corrected chi connectivity index (χ3v) is 5.72. The van der Waals surface area contributed by atoms with Crippen LogP contribution in [0.5, 0.6) is 0 Å². The maximum Gasteiger partial charge on any atom is 0.211 e. The summed E-state index contributed by atoms with van der Waals surface area (Å²) in [6.07, 6.45) is 5.05. The first-order valence-corrected chi connectivity index (χ1v) is 9.18. The van der Waals surface area contributed by atoms with Crippen LogP contribution in [0.15, 0.2) is 0 Å². The zero-order valence-electron chi connectivity index (χ0n) is 10.7. The molecule has 0 aliphatic carbocycles. The molecule has 0 bridgehead atoms. The van der Waals surface area contributed by atoms with Gasteiger partial charge < -0.3 is 5.32 Å². The highest BCUT2D eigenvalue weighted by Crippen LogP contribution is 2.12. The number of piperidine rings is 1. The first-order valence-electron chi connectivity index (χ1n) is 6.24. The monoisotopic (exact) mass is 280 g/mol. The van der Waals surface area contributed by atoms with Crippen LogP contribution in [0.3, 0.4) is 0 Å². The van der Waals surface area contributed by atoms with Gasteiger partial charge in [0, 0.05) is 11.8 Å². The van der Waals surface area contributed by atoms with Crippen molar-refractivity contribution in [2.75, 3.05) is 31.6 Å². The van der Waals surface area contributed by atoms with Gasteiger partial charge >= 0.3 is 0 Å². The van der Waals surface area contributed by atoms with E-state index in [9.17, 15) is 8.42 Å². The van der Waals surface area contributed by atoms with Crippen molar-refractivity contribution in [2.45, 2.75) is 31.4 Å². The topological polar surface area (TPSA) is 58.2 Å². The third-order valence-electron chi connectivity index (χ3n) is 3.13. The van der Waals surface area contributed by atoms with Gasteiger partial charge in [-0.2, -0.15) is 11.8 Å². The molecular weight excluding hydrogens is 256 g/mol. The summed E-state index contributed by atoms with van der Waals surface area (Å²) < 4.78 is 26.3. The Kier molecular flexibility index (Phi) is 6.84. The predicted molar refractivity (Wildman–Crippen MR) is 75.0 cm³/mol. The Labute approximate surface area is 109 Å². The van der Waals surface area contributed by atoms with E-state index in [1.54, 1.807) is 11.8 Å². The molecule has 0 spiro atoms. The maximum atomic E-state index is 11.8. The molecule has 1 saturated heterocycles. The van der Waals surface area contributed by atoms with Gasteiger partial charge in [0.05, 0.1) is 5.75 Å².